The van der Waals surface area contributed by atoms with Crippen LogP contribution in [0, 0.1) is 13.8 Å². The lowest BCUT2D eigenvalue weighted by Gasteiger charge is -2.28. The molecule has 8 nitrogen and oxygen atoms in total. The first-order valence-electron chi connectivity index (χ1n) is 12.1. The highest BCUT2D eigenvalue weighted by atomic mass is 32.3. The number of rotatable bonds is 6. The van der Waals surface area contributed by atoms with Crippen molar-refractivity contribution in [3.8, 4) is 0 Å². The average molecular weight is 553 g/mol. The number of carbonyl (C=O) groups excluding carboxylic acids is 1. The van der Waals surface area contributed by atoms with Crippen molar-refractivity contribution in [2.24, 2.45) is 0 Å². The van der Waals surface area contributed by atoms with Gasteiger partial charge < -0.3 is 9.64 Å². The second kappa shape index (κ2) is 8.99. The van der Waals surface area contributed by atoms with Gasteiger partial charge in [0.05, 0.1) is 21.2 Å². The van der Waals surface area contributed by atoms with Gasteiger partial charge in [0.1, 0.15) is 6.26 Å². The molecule has 1 atom stereocenters. The van der Waals surface area contributed by atoms with Crippen molar-refractivity contribution in [1.29, 1.82) is 0 Å². The first kappa shape index (κ1) is 26.0. The molecular weight excluding hydrogens is 524 g/mol. The molecule has 1 amide bonds. The molecule has 2 aliphatic rings. The number of fused-ring (bicyclic) bond motifs is 2. The lowest BCUT2D eigenvalue weighted by atomic mass is 9.92. The molecule has 0 bridgehead atoms. The summed E-state index contributed by atoms with van der Waals surface area (Å²) in [4.78, 5) is 15.0. The molecule has 198 valence electrons. The fourth-order valence-electron chi connectivity index (χ4n) is 4.91. The van der Waals surface area contributed by atoms with E-state index in [1.54, 1.807) is 67.3 Å². The third-order valence-electron chi connectivity index (χ3n) is 6.81. The Labute approximate surface area is 223 Å². The predicted molar refractivity (Wildman–Crippen MR) is 143 cm³/mol. The van der Waals surface area contributed by atoms with Crippen molar-refractivity contribution in [1.82, 2.24) is 3.71 Å². The van der Waals surface area contributed by atoms with Crippen molar-refractivity contribution in [3.05, 3.63) is 101 Å². The van der Waals surface area contributed by atoms with Gasteiger partial charge in [0, 0.05) is 18.0 Å². The van der Waals surface area contributed by atoms with E-state index in [9.17, 15) is 21.6 Å². The van der Waals surface area contributed by atoms with E-state index >= 15 is 0 Å². The molecule has 0 aliphatic carbocycles. The van der Waals surface area contributed by atoms with Crippen LogP contribution in [0.4, 0.5) is 5.69 Å². The highest BCUT2D eigenvalue weighted by Crippen LogP contribution is 2.51. The normalized spacial score (nSPS) is 19.0. The molecule has 0 saturated heterocycles. The van der Waals surface area contributed by atoms with Gasteiger partial charge in [0.15, 0.2) is 0 Å². The number of sulfonamides is 2. The molecule has 0 fully saturated rings. The van der Waals surface area contributed by atoms with Crippen molar-refractivity contribution in [3.63, 3.8) is 0 Å². The molecule has 1 spiro atoms. The average Bonchev–Trinajstić information content (AvgIpc) is 3.39. The van der Waals surface area contributed by atoms with Crippen LogP contribution in [-0.4, -0.2) is 32.5 Å². The summed E-state index contributed by atoms with van der Waals surface area (Å²) in [5.41, 5.74) is 1.13. The van der Waals surface area contributed by atoms with Crippen LogP contribution in [-0.2, 0) is 35.2 Å². The van der Waals surface area contributed by atoms with Crippen LogP contribution in [0.15, 0.2) is 94.5 Å². The van der Waals surface area contributed by atoms with Crippen LogP contribution in [0.2, 0.25) is 0 Å². The Balaban J connectivity index is 1.66. The molecule has 0 saturated carbocycles. The maximum atomic E-state index is 14.0. The number of aryl methyl sites for hydroxylation is 2. The van der Waals surface area contributed by atoms with E-state index in [-0.39, 0.29) is 33.9 Å². The third kappa shape index (κ3) is 3.90. The molecule has 10 heteroatoms. The summed E-state index contributed by atoms with van der Waals surface area (Å²) in [5, 5.41) is 0. The van der Waals surface area contributed by atoms with E-state index in [2.05, 4.69) is 0 Å². The van der Waals surface area contributed by atoms with Crippen molar-refractivity contribution < 1.29 is 26.4 Å². The molecule has 5 rings (SSSR count). The van der Waals surface area contributed by atoms with E-state index in [4.69, 9.17) is 4.74 Å². The molecule has 38 heavy (non-hydrogen) atoms. The molecule has 2 heterocycles. The topological polar surface area (TPSA) is 101 Å². The monoisotopic (exact) mass is 552 g/mol. The number of ether oxygens (including phenoxy) is 1. The minimum atomic E-state index is -4.62. The summed E-state index contributed by atoms with van der Waals surface area (Å²) in [6, 6.07) is 18.8. The number of benzene rings is 3. The maximum Gasteiger partial charge on any atom is 0.277 e. The number of hydrogen-bond donors (Lipinski definition) is 0. The number of anilines is 1. The second-order valence-electron chi connectivity index (χ2n) is 9.85. The maximum absolute atomic E-state index is 14.0. The molecule has 2 aliphatic heterocycles. The van der Waals surface area contributed by atoms with Gasteiger partial charge in [-0.15, -0.1) is 0 Å². The summed E-state index contributed by atoms with van der Waals surface area (Å²) in [5.74, 6) is -0.375. The van der Waals surface area contributed by atoms with Crippen LogP contribution in [0.5, 0.6) is 0 Å². The molecule has 0 N–H and O–H groups in total. The minimum absolute atomic E-state index is 0.153. The Kier molecular flexibility index (Phi) is 6.15. The van der Waals surface area contributed by atoms with Gasteiger partial charge in [-0.25, -0.2) is 16.8 Å². The molecule has 0 aromatic heterocycles. The molecule has 1 unspecified atom stereocenters. The summed E-state index contributed by atoms with van der Waals surface area (Å²) in [7, 11) is -9.23. The Bertz CT molecular complexity index is 1590. The number of para-hydroxylation sites is 1. The summed E-state index contributed by atoms with van der Waals surface area (Å²) in [6.07, 6.45) is 0.818. The Hall–Kier alpha value is -3.63. The third-order valence-corrected chi connectivity index (χ3v) is 11.1. The van der Waals surface area contributed by atoms with E-state index in [1.807, 2.05) is 13.8 Å². The second-order valence-corrected chi connectivity index (χ2v) is 13.7. The van der Waals surface area contributed by atoms with Crippen LogP contribution < -0.4 is 4.90 Å². The summed E-state index contributed by atoms with van der Waals surface area (Å²) < 4.78 is 62.3. The zero-order valence-corrected chi connectivity index (χ0v) is 23.1. The number of carbonyl (C=O) groups is 1. The van der Waals surface area contributed by atoms with E-state index in [1.165, 1.54) is 24.3 Å². The van der Waals surface area contributed by atoms with Crippen molar-refractivity contribution in [2.45, 2.75) is 55.5 Å². The number of hydrogen-bond acceptors (Lipinski definition) is 6. The smallest absolute Gasteiger partial charge is 0.277 e. The van der Waals surface area contributed by atoms with Crippen LogP contribution >= 0.6 is 0 Å². The SMILES string of the molecule is Cc1ccc(S(=O)(=O)N(C2=COC3(C2)C(=O)N(C(C)C)c2ccccc23)S(=O)(=O)c2ccc(C)cc2)cc1. The van der Waals surface area contributed by atoms with Gasteiger partial charge in [-0.3, -0.25) is 4.79 Å². The Morgan fingerprint density at radius 2 is 1.32 bits per heavy atom. The van der Waals surface area contributed by atoms with Gasteiger partial charge in [-0.05, 0) is 58.0 Å². The Morgan fingerprint density at radius 1 is 0.816 bits per heavy atom. The highest BCUT2D eigenvalue weighted by Gasteiger charge is 2.58. The zero-order valence-electron chi connectivity index (χ0n) is 21.5. The van der Waals surface area contributed by atoms with E-state index in [0.717, 1.165) is 17.4 Å². The lowest BCUT2D eigenvalue weighted by molar-refractivity contribution is -0.135. The standard InChI is InChI=1S/C28H28N2O6S2/c1-19(2)29-26-8-6-5-7-25(26)28(27(29)31)17-22(18-36-28)30(37(32,33)23-13-9-20(3)10-14-23)38(34,35)24-15-11-21(4)12-16-24/h5-16,18-19H,17H2,1-4H3. The van der Waals surface area contributed by atoms with Crippen molar-refractivity contribution >= 4 is 31.6 Å². The fraction of sp³-hybridized carbons (Fsp3) is 0.250. The Morgan fingerprint density at radius 3 is 1.82 bits per heavy atom. The minimum Gasteiger partial charge on any atom is -0.478 e. The molecule has 3 aromatic carbocycles. The van der Waals surface area contributed by atoms with E-state index < -0.39 is 25.6 Å². The first-order chi connectivity index (χ1) is 17.9. The van der Waals surface area contributed by atoms with Crippen molar-refractivity contribution in [2.75, 3.05) is 4.90 Å². The summed E-state index contributed by atoms with van der Waals surface area (Å²) >= 11 is 0. The summed E-state index contributed by atoms with van der Waals surface area (Å²) in [6.45, 7) is 7.34. The number of amides is 1. The fourth-order valence-corrected chi connectivity index (χ4v) is 8.63. The highest BCUT2D eigenvalue weighted by molar-refractivity contribution is 8.04. The van der Waals surface area contributed by atoms with Gasteiger partial charge in [-0.2, -0.15) is 3.71 Å². The quantitative estimate of drug-likeness (QED) is 0.443. The van der Waals surface area contributed by atoms with E-state index in [0.29, 0.717) is 15.0 Å². The van der Waals surface area contributed by atoms with Gasteiger partial charge in [-0.1, -0.05) is 53.6 Å². The van der Waals surface area contributed by atoms with Crippen LogP contribution in [0.3, 0.4) is 0 Å². The molecule has 0 radical (unpaired) electrons. The van der Waals surface area contributed by atoms with Gasteiger partial charge in [0.25, 0.3) is 26.0 Å². The number of nitrogens with zero attached hydrogens (tertiary/aromatic N) is 2. The van der Waals surface area contributed by atoms with Crippen LogP contribution in [0.25, 0.3) is 0 Å². The van der Waals surface area contributed by atoms with Crippen LogP contribution in [0.1, 0.15) is 37.0 Å². The van der Waals surface area contributed by atoms with Gasteiger partial charge in [0.2, 0.25) is 5.60 Å². The first-order valence-corrected chi connectivity index (χ1v) is 15.0. The zero-order chi connectivity index (χ0) is 27.5. The molecule has 3 aromatic rings. The largest absolute Gasteiger partial charge is 0.478 e. The predicted octanol–water partition coefficient (Wildman–Crippen LogP) is 4.60. The van der Waals surface area contributed by atoms with Gasteiger partial charge >= 0.3 is 0 Å². The lowest BCUT2D eigenvalue weighted by Crippen LogP contribution is -2.44. The molecular formula is C28H28N2O6S2.